The van der Waals surface area contributed by atoms with Crippen molar-refractivity contribution in [2.45, 2.75) is 34.6 Å². The Morgan fingerprint density at radius 1 is 1.09 bits per heavy atom. The standard InChI is InChI=1S/C27H26N2O4S/c1-6-33-27(32)23-17(4)18(5)34-24(23)28-14-22-20-9-7-8-10-21(20)25(30)29(26(22)31)19-12-11-15(2)16(3)13-19/h7-14,31H,6H2,1-5H3. The van der Waals surface area contributed by atoms with Gasteiger partial charge in [-0.1, -0.05) is 24.3 Å². The third-order valence-corrected chi connectivity index (χ3v) is 7.12. The van der Waals surface area contributed by atoms with Gasteiger partial charge in [0.2, 0.25) is 5.88 Å². The summed E-state index contributed by atoms with van der Waals surface area (Å²) in [6, 6.07) is 12.7. The molecule has 174 valence electrons. The number of esters is 1. The number of aryl methyl sites for hydroxylation is 3. The van der Waals surface area contributed by atoms with Crippen molar-refractivity contribution in [1.82, 2.24) is 4.57 Å². The molecule has 4 rings (SSSR count). The van der Waals surface area contributed by atoms with Crippen LogP contribution in [-0.4, -0.2) is 28.5 Å². The van der Waals surface area contributed by atoms with Gasteiger partial charge in [-0.2, -0.15) is 0 Å². The predicted octanol–water partition coefficient (Wildman–Crippen LogP) is 5.92. The molecule has 0 bridgehead atoms. The molecule has 2 aromatic heterocycles. The third kappa shape index (κ3) is 4.03. The second kappa shape index (κ2) is 9.27. The van der Waals surface area contributed by atoms with Crippen molar-refractivity contribution in [3.63, 3.8) is 0 Å². The van der Waals surface area contributed by atoms with Gasteiger partial charge < -0.3 is 9.84 Å². The minimum absolute atomic E-state index is 0.210. The maximum Gasteiger partial charge on any atom is 0.341 e. The van der Waals surface area contributed by atoms with Crippen LogP contribution in [0.3, 0.4) is 0 Å². The minimum atomic E-state index is -0.425. The Labute approximate surface area is 201 Å². The zero-order chi connectivity index (χ0) is 24.6. The summed E-state index contributed by atoms with van der Waals surface area (Å²) in [6.45, 7) is 9.77. The molecule has 0 saturated heterocycles. The number of pyridine rings is 1. The monoisotopic (exact) mass is 474 g/mol. The summed E-state index contributed by atoms with van der Waals surface area (Å²) >= 11 is 1.38. The molecule has 0 atom stereocenters. The van der Waals surface area contributed by atoms with Crippen LogP contribution in [0.1, 0.15) is 44.4 Å². The van der Waals surface area contributed by atoms with E-state index in [4.69, 9.17) is 4.74 Å². The van der Waals surface area contributed by atoms with E-state index in [2.05, 4.69) is 4.99 Å². The molecule has 0 aliphatic carbocycles. The van der Waals surface area contributed by atoms with E-state index in [1.165, 1.54) is 22.1 Å². The fraction of sp³-hybridized carbons (Fsp3) is 0.222. The summed E-state index contributed by atoms with van der Waals surface area (Å²) in [4.78, 5) is 31.4. The SMILES string of the molecule is CCOC(=O)c1c(N=Cc2c(O)n(-c3ccc(C)c(C)c3)c(=O)c3ccccc23)sc(C)c1C. The number of hydrogen-bond acceptors (Lipinski definition) is 6. The number of aliphatic imine (C=N–C) groups is 1. The zero-order valence-corrected chi connectivity index (χ0v) is 20.6. The van der Waals surface area contributed by atoms with Gasteiger partial charge in [-0.15, -0.1) is 11.3 Å². The second-order valence-corrected chi connectivity index (χ2v) is 9.34. The van der Waals surface area contributed by atoms with E-state index in [9.17, 15) is 14.7 Å². The zero-order valence-electron chi connectivity index (χ0n) is 19.8. The first kappa shape index (κ1) is 23.4. The molecule has 0 aliphatic rings. The fourth-order valence-electron chi connectivity index (χ4n) is 3.86. The molecule has 2 aromatic carbocycles. The number of nitrogens with zero attached hydrogens (tertiary/aromatic N) is 2. The summed E-state index contributed by atoms with van der Waals surface area (Å²) in [5.41, 5.74) is 4.00. The maximum atomic E-state index is 13.3. The summed E-state index contributed by atoms with van der Waals surface area (Å²) in [5, 5.41) is 12.8. The average Bonchev–Trinajstić information content (AvgIpc) is 3.09. The summed E-state index contributed by atoms with van der Waals surface area (Å²) in [7, 11) is 0. The van der Waals surface area contributed by atoms with E-state index in [-0.39, 0.29) is 18.0 Å². The van der Waals surface area contributed by atoms with E-state index in [1.54, 1.807) is 25.1 Å². The highest BCUT2D eigenvalue weighted by atomic mass is 32.1. The van der Waals surface area contributed by atoms with Crippen LogP contribution >= 0.6 is 11.3 Å². The predicted molar refractivity (Wildman–Crippen MR) is 138 cm³/mol. The number of thiophene rings is 1. The van der Waals surface area contributed by atoms with Gasteiger partial charge >= 0.3 is 5.97 Å². The largest absolute Gasteiger partial charge is 0.494 e. The molecule has 0 spiro atoms. The Bertz CT molecular complexity index is 1510. The molecule has 7 heteroatoms. The number of rotatable bonds is 5. The summed E-state index contributed by atoms with van der Waals surface area (Å²) in [5.74, 6) is -0.635. The molecular formula is C27H26N2O4S. The lowest BCUT2D eigenvalue weighted by molar-refractivity contribution is 0.0527. The lowest BCUT2D eigenvalue weighted by Gasteiger charge is -2.14. The Balaban J connectivity index is 1.95. The highest BCUT2D eigenvalue weighted by Gasteiger charge is 2.21. The highest BCUT2D eigenvalue weighted by molar-refractivity contribution is 7.16. The van der Waals surface area contributed by atoms with E-state index in [0.29, 0.717) is 32.6 Å². The Morgan fingerprint density at radius 3 is 2.47 bits per heavy atom. The number of hydrogen-bond donors (Lipinski definition) is 1. The maximum absolute atomic E-state index is 13.3. The van der Waals surface area contributed by atoms with Gasteiger partial charge in [-0.25, -0.2) is 14.4 Å². The Morgan fingerprint density at radius 2 is 1.79 bits per heavy atom. The normalized spacial score (nSPS) is 11.4. The fourth-order valence-corrected chi connectivity index (χ4v) is 4.85. The summed E-state index contributed by atoms with van der Waals surface area (Å²) < 4.78 is 6.52. The van der Waals surface area contributed by atoms with Crippen molar-refractivity contribution in [2.75, 3.05) is 6.61 Å². The van der Waals surface area contributed by atoms with Crippen molar-refractivity contribution >= 4 is 39.3 Å². The Hall–Kier alpha value is -3.71. The van der Waals surface area contributed by atoms with Crippen LogP contribution in [0.25, 0.3) is 16.5 Å². The van der Waals surface area contributed by atoms with Crippen molar-refractivity contribution in [1.29, 1.82) is 0 Å². The van der Waals surface area contributed by atoms with Gasteiger partial charge in [-0.05, 0) is 69.5 Å². The quantitative estimate of drug-likeness (QED) is 0.288. The van der Waals surface area contributed by atoms with Crippen molar-refractivity contribution < 1.29 is 14.6 Å². The molecule has 34 heavy (non-hydrogen) atoms. The van der Waals surface area contributed by atoms with Crippen LogP contribution < -0.4 is 5.56 Å². The smallest absolute Gasteiger partial charge is 0.341 e. The molecule has 6 nitrogen and oxygen atoms in total. The van der Waals surface area contributed by atoms with Gasteiger partial charge in [0, 0.05) is 21.9 Å². The molecule has 4 aromatic rings. The molecule has 2 heterocycles. The number of aromatic nitrogens is 1. The summed E-state index contributed by atoms with van der Waals surface area (Å²) in [6.07, 6.45) is 1.52. The van der Waals surface area contributed by atoms with Gasteiger partial charge in [0.25, 0.3) is 5.56 Å². The molecule has 0 amide bonds. The van der Waals surface area contributed by atoms with Crippen molar-refractivity contribution in [3.05, 3.63) is 85.5 Å². The Kier molecular flexibility index (Phi) is 6.39. The second-order valence-electron chi connectivity index (χ2n) is 8.13. The molecule has 1 N–H and O–H groups in total. The number of ether oxygens (including phenoxy) is 1. The van der Waals surface area contributed by atoms with Gasteiger partial charge in [0.1, 0.15) is 5.00 Å². The number of fused-ring (bicyclic) bond motifs is 1. The van der Waals surface area contributed by atoms with E-state index < -0.39 is 5.97 Å². The molecule has 0 radical (unpaired) electrons. The van der Waals surface area contributed by atoms with Gasteiger partial charge in [0.15, 0.2) is 0 Å². The average molecular weight is 475 g/mol. The minimum Gasteiger partial charge on any atom is -0.494 e. The molecule has 0 unspecified atom stereocenters. The lowest BCUT2D eigenvalue weighted by Crippen LogP contribution is -2.20. The van der Waals surface area contributed by atoms with Crippen LogP contribution in [0.2, 0.25) is 0 Å². The van der Waals surface area contributed by atoms with Crippen LogP contribution in [0, 0.1) is 27.7 Å². The van der Waals surface area contributed by atoms with Crippen LogP contribution in [0.4, 0.5) is 5.00 Å². The van der Waals surface area contributed by atoms with Crippen molar-refractivity contribution in [3.8, 4) is 11.6 Å². The first-order valence-electron chi connectivity index (χ1n) is 11.0. The van der Waals surface area contributed by atoms with Crippen LogP contribution in [0.5, 0.6) is 5.88 Å². The molecular weight excluding hydrogens is 448 g/mol. The first-order valence-corrected chi connectivity index (χ1v) is 11.8. The van der Waals surface area contributed by atoms with E-state index in [1.807, 2.05) is 52.0 Å². The highest BCUT2D eigenvalue weighted by Crippen LogP contribution is 2.36. The van der Waals surface area contributed by atoms with E-state index in [0.717, 1.165) is 21.6 Å². The van der Waals surface area contributed by atoms with Gasteiger partial charge in [0.05, 0.1) is 23.4 Å². The van der Waals surface area contributed by atoms with Crippen LogP contribution in [0.15, 0.2) is 52.3 Å². The lowest BCUT2D eigenvalue weighted by atomic mass is 10.1. The van der Waals surface area contributed by atoms with Crippen LogP contribution in [-0.2, 0) is 4.74 Å². The number of benzene rings is 2. The number of aromatic hydroxyl groups is 1. The van der Waals surface area contributed by atoms with E-state index >= 15 is 0 Å². The van der Waals surface area contributed by atoms with Gasteiger partial charge in [-0.3, -0.25) is 4.79 Å². The number of carbonyl (C=O) groups is 1. The third-order valence-electron chi connectivity index (χ3n) is 6.01. The number of carbonyl (C=O) groups excluding carboxylic acids is 1. The topological polar surface area (TPSA) is 80.9 Å². The molecule has 0 fully saturated rings. The molecule has 0 saturated carbocycles. The van der Waals surface area contributed by atoms with Crippen molar-refractivity contribution in [2.24, 2.45) is 4.99 Å². The molecule has 0 aliphatic heterocycles. The first-order chi connectivity index (χ1) is 16.2.